The number of ether oxygens (including phenoxy) is 1. The number of rotatable bonds is 2. The molecule has 3 rings (SSSR count). The molecule has 0 saturated heterocycles. The molecule has 1 aromatic heterocycles. The fourth-order valence-corrected chi connectivity index (χ4v) is 3.22. The van der Waals surface area contributed by atoms with Crippen LogP contribution in [0.3, 0.4) is 0 Å². The molecule has 23 heavy (non-hydrogen) atoms. The van der Waals surface area contributed by atoms with E-state index in [-0.39, 0.29) is 17.1 Å². The molecule has 9 heteroatoms. The third-order valence-electron chi connectivity index (χ3n) is 3.33. The number of methoxy groups -OCH3 is 1. The van der Waals surface area contributed by atoms with Crippen LogP contribution < -0.4 is 10.1 Å². The molecule has 2 heterocycles. The maximum atomic E-state index is 13.2. The van der Waals surface area contributed by atoms with Crippen molar-refractivity contribution in [3.63, 3.8) is 0 Å². The van der Waals surface area contributed by atoms with Gasteiger partial charge in [0, 0.05) is 5.56 Å². The van der Waals surface area contributed by atoms with Gasteiger partial charge < -0.3 is 10.1 Å². The van der Waals surface area contributed by atoms with Crippen LogP contribution in [0.5, 0.6) is 5.75 Å². The van der Waals surface area contributed by atoms with E-state index < -0.39 is 17.3 Å². The average molecular weight is 343 g/mol. The van der Waals surface area contributed by atoms with E-state index in [4.69, 9.17) is 4.74 Å². The molecule has 1 aliphatic rings. The summed E-state index contributed by atoms with van der Waals surface area (Å²) >= 11 is 0.546. The second-order valence-electron chi connectivity index (χ2n) is 4.84. The molecule has 0 spiro atoms. The van der Waals surface area contributed by atoms with Crippen LogP contribution in [0.25, 0.3) is 5.69 Å². The number of alkyl halides is 3. The Morgan fingerprint density at radius 1 is 1.35 bits per heavy atom. The summed E-state index contributed by atoms with van der Waals surface area (Å²) in [4.78, 5) is 11.7. The van der Waals surface area contributed by atoms with E-state index in [0.29, 0.717) is 23.2 Å². The fraction of sp³-hybridized carbons (Fsp3) is 0.286. The Hall–Kier alpha value is -2.16. The van der Waals surface area contributed by atoms with Crippen molar-refractivity contribution in [2.45, 2.75) is 11.4 Å². The van der Waals surface area contributed by atoms with Gasteiger partial charge in [0.05, 0.1) is 24.7 Å². The van der Waals surface area contributed by atoms with Gasteiger partial charge in [-0.2, -0.15) is 18.3 Å². The molecular formula is C14H12F3N3O2S. The third kappa shape index (κ3) is 3.00. The standard InChI is InChI=1S/C14H12F3N3O2S/c1-22-9-4-2-8(3-5-9)20-13-10(6-18-20)12(14(15,16)17)23-7-11(21)19-13/h2-6,12H,7H2,1H3,(H,19,21)/t12-/m1/s1. The van der Waals surface area contributed by atoms with Crippen molar-refractivity contribution in [3.05, 3.63) is 36.0 Å². The molecular weight excluding hydrogens is 331 g/mol. The van der Waals surface area contributed by atoms with Crippen molar-refractivity contribution in [2.75, 3.05) is 18.2 Å². The quantitative estimate of drug-likeness (QED) is 0.910. The van der Waals surface area contributed by atoms with Gasteiger partial charge in [-0.15, -0.1) is 11.8 Å². The van der Waals surface area contributed by atoms with Gasteiger partial charge >= 0.3 is 6.18 Å². The minimum atomic E-state index is -4.46. The van der Waals surface area contributed by atoms with Crippen LogP contribution in [0.2, 0.25) is 0 Å². The van der Waals surface area contributed by atoms with E-state index in [1.165, 1.54) is 11.8 Å². The summed E-state index contributed by atoms with van der Waals surface area (Å²) in [7, 11) is 1.51. The van der Waals surface area contributed by atoms with Gasteiger partial charge in [-0.25, -0.2) is 4.68 Å². The monoisotopic (exact) mass is 343 g/mol. The molecule has 0 fully saturated rings. The first-order chi connectivity index (χ1) is 10.9. The number of fused-ring (bicyclic) bond motifs is 1. The van der Waals surface area contributed by atoms with Gasteiger partial charge in [0.1, 0.15) is 16.8 Å². The van der Waals surface area contributed by atoms with Crippen molar-refractivity contribution in [1.29, 1.82) is 0 Å². The smallest absolute Gasteiger partial charge is 0.404 e. The summed E-state index contributed by atoms with van der Waals surface area (Å²) in [5.41, 5.74) is 0.476. The third-order valence-corrected chi connectivity index (χ3v) is 4.62. The SMILES string of the molecule is COc1ccc(-n2ncc3c2NC(=O)CS[C@H]3C(F)(F)F)cc1. The van der Waals surface area contributed by atoms with Gasteiger partial charge in [0.25, 0.3) is 0 Å². The van der Waals surface area contributed by atoms with E-state index in [0.717, 1.165) is 6.20 Å². The van der Waals surface area contributed by atoms with Gasteiger partial charge in [-0.1, -0.05) is 0 Å². The molecule has 0 saturated carbocycles. The van der Waals surface area contributed by atoms with Crippen LogP contribution in [0, 0.1) is 0 Å². The minimum Gasteiger partial charge on any atom is -0.497 e. The number of carbonyl (C=O) groups excluding carboxylic acids is 1. The molecule has 122 valence electrons. The molecule has 1 atom stereocenters. The molecule has 1 N–H and O–H groups in total. The second kappa shape index (κ2) is 5.80. The Morgan fingerprint density at radius 3 is 2.65 bits per heavy atom. The first-order valence-electron chi connectivity index (χ1n) is 6.60. The summed E-state index contributed by atoms with van der Waals surface area (Å²) in [5.74, 6) is -0.0907. The number of hydrogen-bond donors (Lipinski definition) is 1. The molecule has 0 radical (unpaired) electrons. The van der Waals surface area contributed by atoms with Crippen molar-refractivity contribution in [1.82, 2.24) is 9.78 Å². The number of aromatic nitrogens is 2. The minimum absolute atomic E-state index is 0.0486. The Balaban J connectivity index is 2.07. The molecule has 1 aromatic carbocycles. The molecule has 0 unspecified atom stereocenters. The number of nitrogens with zero attached hydrogens (tertiary/aromatic N) is 2. The molecule has 1 amide bonds. The summed E-state index contributed by atoms with van der Waals surface area (Å²) < 4.78 is 46.0. The topological polar surface area (TPSA) is 56.1 Å². The van der Waals surface area contributed by atoms with Gasteiger partial charge in [0.2, 0.25) is 5.91 Å². The highest BCUT2D eigenvalue weighted by atomic mass is 32.2. The maximum absolute atomic E-state index is 13.2. The molecule has 2 aromatic rings. The van der Waals surface area contributed by atoms with E-state index in [1.54, 1.807) is 24.3 Å². The fourth-order valence-electron chi connectivity index (χ4n) is 2.29. The highest BCUT2D eigenvalue weighted by Gasteiger charge is 2.45. The highest BCUT2D eigenvalue weighted by molar-refractivity contribution is 8.00. The molecule has 0 bridgehead atoms. The van der Waals surface area contributed by atoms with Gasteiger partial charge in [-0.3, -0.25) is 4.79 Å². The number of hydrogen-bond acceptors (Lipinski definition) is 4. The Morgan fingerprint density at radius 2 is 2.04 bits per heavy atom. The second-order valence-corrected chi connectivity index (χ2v) is 5.93. The zero-order chi connectivity index (χ0) is 16.6. The number of nitrogens with one attached hydrogen (secondary N) is 1. The molecule has 1 aliphatic heterocycles. The zero-order valence-corrected chi connectivity index (χ0v) is 12.7. The lowest BCUT2D eigenvalue weighted by Crippen LogP contribution is -2.17. The lowest BCUT2D eigenvalue weighted by Gasteiger charge is -2.17. The number of thioether (sulfide) groups is 1. The number of carbonyl (C=O) groups is 1. The molecule has 5 nitrogen and oxygen atoms in total. The van der Waals surface area contributed by atoms with Crippen LogP contribution in [0.1, 0.15) is 10.8 Å². The molecule has 0 aliphatic carbocycles. The van der Waals surface area contributed by atoms with Crippen LogP contribution in [0.4, 0.5) is 19.0 Å². The largest absolute Gasteiger partial charge is 0.497 e. The summed E-state index contributed by atoms with van der Waals surface area (Å²) in [6.07, 6.45) is -3.31. The van der Waals surface area contributed by atoms with E-state index in [2.05, 4.69) is 10.4 Å². The lowest BCUT2D eigenvalue weighted by molar-refractivity contribution is -0.129. The number of amides is 1. The van der Waals surface area contributed by atoms with Crippen molar-refractivity contribution < 1.29 is 22.7 Å². The summed E-state index contributed by atoms with van der Waals surface area (Å²) in [5, 5.41) is 4.73. The maximum Gasteiger partial charge on any atom is 0.404 e. The average Bonchev–Trinajstić information content (AvgIpc) is 2.81. The van der Waals surface area contributed by atoms with Gasteiger partial charge in [0.15, 0.2) is 0 Å². The van der Waals surface area contributed by atoms with E-state index in [9.17, 15) is 18.0 Å². The summed E-state index contributed by atoms with van der Waals surface area (Å²) in [6.45, 7) is 0. The predicted octanol–water partition coefficient (Wildman–Crippen LogP) is 3.17. The number of benzene rings is 1. The van der Waals surface area contributed by atoms with Crippen molar-refractivity contribution in [2.24, 2.45) is 0 Å². The highest BCUT2D eigenvalue weighted by Crippen LogP contribution is 2.47. The van der Waals surface area contributed by atoms with Crippen molar-refractivity contribution >= 4 is 23.5 Å². The summed E-state index contributed by atoms with van der Waals surface area (Å²) in [6, 6.07) is 6.63. The first kappa shape index (κ1) is 15.7. The normalized spacial score (nSPS) is 18.1. The van der Waals surface area contributed by atoms with E-state index in [1.807, 2.05) is 0 Å². The Bertz CT molecular complexity index is 728. The first-order valence-corrected chi connectivity index (χ1v) is 7.65. The predicted molar refractivity (Wildman–Crippen MR) is 80.0 cm³/mol. The van der Waals surface area contributed by atoms with Crippen LogP contribution in [0.15, 0.2) is 30.5 Å². The number of anilines is 1. The van der Waals surface area contributed by atoms with Gasteiger partial charge in [-0.05, 0) is 24.3 Å². The van der Waals surface area contributed by atoms with E-state index >= 15 is 0 Å². The lowest BCUT2D eigenvalue weighted by atomic mass is 10.2. The van der Waals surface area contributed by atoms with Crippen LogP contribution in [-0.2, 0) is 4.79 Å². The Kier molecular flexibility index (Phi) is 3.97. The Labute approximate surface area is 133 Å². The van der Waals surface area contributed by atoms with Crippen LogP contribution in [-0.4, -0.2) is 34.7 Å². The van der Waals surface area contributed by atoms with Crippen LogP contribution >= 0.6 is 11.8 Å². The van der Waals surface area contributed by atoms with Crippen molar-refractivity contribution in [3.8, 4) is 11.4 Å². The zero-order valence-electron chi connectivity index (χ0n) is 11.9. The number of halogens is 3.